The van der Waals surface area contributed by atoms with Crippen LogP contribution in [-0.4, -0.2) is 21.9 Å². The fourth-order valence-electron chi connectivity index (χ4n) is 1.72. The Labute approximate surface area is 120 Å². The van der Waals surface area contributed by atoms with Crippen LogP contribution in [0.25, 0.3) is 0 Å². The van der Waals surface area contributed by atoms with Crippen molar-refractivity contribution in [3.63, 3.8) is 0 Å². The zero-order valence-electron chi connectivity index (χ0n) is 11.0. The Morgan fingerprint density at radius 1 is 1.24 bits per heavy atom. The summed E-state index contributed by atoms with van der Waals surface area (Å²) < 4.78 is 13.0. The number of rotatable bonds is 4. The molecule has 1 aromatic carbocycles. The molecule has 0 bridgehead atoms. The molecule has 2 amide bonds. The lowest BCUT2D eigenvalue weighted by Crippen LogP contribution is -2.42. The first-order valence-corrected chi connectivity index (χ1v) is 6.22. The molecule has 1 atom stereocenters. The van der Waals surface area contributed by atoms with E-state index >= 15 is 0 Å². The number of nitrogens with one attached hydrogen (secondary N) is 3. The number of aliphatic hydroxyl groups excluding tert-OH is 1. The SMILES string of the molecule is O=C(CC(O)c1cccc(F)c1)NNC(=O)c1ccc[nH]1. The molecular weight excluding hydrogens is 277 g/mol. The monoisotopic (exact) mass is 291 g/mol. The highest BCUT2D eigenvalue weighted by Gasteiger charge is 2.14. The van der Waals surface area contributed by atoms with Gasteiger partial charge in [-0.2, -0.15) is 0 Å². The number of hydrogen-bond donors (Lipinski definition) is 4. The molecule has 7 heteroatoms. The molecule has 0 aliphatic heterocycles. The maximum absolute atomic E-state index is 13.0. The van der Waals surface area contributed by atoms with Crippen molar-refractivity contribution < 1.29 is 19.1 Å². The molecule has 0 aliphatic carbocycles. The van der Waals surface area contributed by atoms with Gasteiger partial charge in [0, 0.05) is 6.20 Å². The molecule has 0 aliphatic rings. The minimum Gasteiger partial charge on any atom is -0.388 e. The summed E-state index contributed by atoms with van der Waals surface area (Å²) in [5, 5.41) is 9.82. The summed E-state index contributed by atoms with van der Waals surface area (Å²) in [4.78, 5) is 25.8. The van der Waals surface area contributed by atoms with Gasteiger partial charge in [0.1, 0.15) is 11.5 Å². The van der Waals surface area contributed by atoms with Crippen molar-refractivity contribution in [3.8, 4) is 0 Å². The Morgan fingerprint density at radius 3 is 2.71 bits per heavy atom. The van der Waals surface area contributed by atoms with Crippen LogP contribution in [0.2, 0.25) is 0 Å². The summed E-state index contributed by atoms with van der Waals surface area (Å²) in [7, 11) is 0. The number of hydrazine groups is 1. The first kappa shape index (κ1) is 14.7. The highest BCUT2D eigenvalue weighted by atomic mass is 19.1. The largest absolute Gasteiger partial charge is 0.388 e. The lowest BCUT2D eigenvalue weighted by Gasteiger charge is -2.11. The number of aromatic amines is 1. The molecule has 0 fully saturated rings. The number of carbonyl (C=O) groups excluding carboxylic acids is 2. The molecule has 21 heavy (non-hydrogen) atoms. The topological polar surface area (TPSA) is 94.2 Å². The van der Waals surface area contributed by atoms with Crippen LogP contribution in [0, 0.1) is 5.82 Å². The second kappa shape index (κ2) is 6.67. The molecule has 2 rings (SSSR count). The van der Waals surface area contributed by atoms with E-state index in [2.05, 4.69) is 15.8 Å². The van der Waals surface area contributed by atoms with Crippen LogP contribution in [-0.2, 0) is 4.79 Å². The summed E-state index contributed by atoms with van der Waals surface area (Å²) in [6.45, 7) is 0. The van der Waals surface area contributed by atoms with Crippen LogP contribution in [0.1, 0.15) is 28.6 Å². The van der Waals surface area contributed by atoms with Gasteiger partial charge in [0.25, 0.3) is 5.91 Å². The maximum Gasteiger partial charge on any atom is 0.286 e. The van der Waals surface area contributed by atoms with Gasteiger partial charge >= 0.3 is 0 Å². The standard InChI is InChI=1S/C14H14FN3O3/c15-10-4-1-3-9(7-10)12(19)8-13(20)17-18-14(21)11-5-2-6-16-11/h1-7,12,16,19H,8H2,(H,17,20)(H,18,21). The highest BCUT2D eigenvalue weighted by molar-refractivity contribution is 5.93. The van der Waals surface area contributed by atoms with Crippen molar-refractivity contribution in [1.29, 1.82) is 0 Å². The number of hydrogen-bond acceptors (Lipinski definition) is 3. The number of halogens is 1. The van der Waals surface area contributed by atoms with E-state index in [4.69, 9.17) is 0 Å². The van der Waals surface area contributed by atoms with E-state index in [0.29, 0.717) is 11.3 Å². The van der Waals surface area contributed by atoms with Crippen molar-refractivity contribution in [1.82, 2.24) is 15.8 Å². The smallest absolute Gasteiger partial charge is 0.286 e. The van der Waals surface area contributed by atoms with Crippen molar-refractivity contribution in [2.75, 3.05) is 0 Å². The van der Waals surface area contributed by atoms with Crippen molar-refractivity contribution in [2.24, 2.45) is 0 Å². The Kier molecular flexibility index (Phi) is 4.68. The Hall–Kier alpha value is -2.67. The molecule has 0 radical (unpaired) electrons. The fourth-order valence-corrected chi connectivity index (χ4v) is 1.72. The minimum absolute atomic E-state index is 0.292. The van der Waals surface area contributed by atoms with E-state index in [1.165, 1.54) is 18.2 Å². The Balaban J connectivity index is 1.83. The van der Waals surface area contributed by atoms with Gasteiger partial charge in [-0.3, -0.25) is 20.4 Å². The summed E-state index contributed by atoms with van der Waals surface area (Å²) in [6.07, 6.45) is 0.127. The molecule has 6 nitrogen and oxygen atoms in total. The van der Waals surface area contributed by atoms with Crippen molar-refractivity contribution >= 4 is 11.8 Å². The molecule has 4 N–H and O–H groups in total. The molecule has 110 valence electrons. The second-order valence-electron chi connectivity index (χ2n) is 4.36. The van der Waals surface area contributed by atoms with Gasteiger partial charge in [0.05, 0.1) is 12.5 Å². The zero-order valence-corrected chi connectivity index (χ0v) is 11.0. The first-order valence-electron chi connectivity index (χ1n) is 6.22. The maximum atomic E-state index is 13.0. The van der Waals surface area contributed by atoms with Crippen LogP contribution in [0.15, 0.2) is 42.6 Å². The average Bonchev–Trinajstić information content (AvgIpc) is 2.99. The highest BCUT2D eigenvalue weighted by Crippen LogP contribution is 2.16. The van der Waals surface area contributed by atoms with E-state index in [9.17, 15) is 19.1 Å². The van der Waals surface area contributed by atoms with Crippen LogP contribution in [0.5, 0.6) is 0 Å². The number of benzene rings is 1. The molecule has 0 saturated carbocycles. The van der Waals surface area contributed by atoms with Crippen LogP contribution >= 0.6 is 0 Å². The van der Waals surface area contributed by atoms with E-state index in [-0.39, 0.29) is 6.42 Å². The summed E-state index contributed by atoms with van der Waals surface area (Å²) >= 11 is 0. The molecule has 0 saturated heterocycles. The molecule has 2 aromatic rings. The van der Waals surface area contributed by atoms with Gasteiger partial charge in [0.2, 0.25) is 5.91 Å². The third kappa shape index (κ3) is 4.15. The van der Waals surface area contributed by atoms with Gasteiger partial charge in [-0.15, -0.1) is 0 Å². The quantitative estimate of drug-likeness (QED) is 0.634. The second-order valence-corrected chi connectivity index (χ2v) is 4.36. The predicted octanol–water partition coefficient (Wildman–Crippen LogP) is 1.04. The number of amides is 2. The summed E-state index contributed by atoms with van der Waals surface area (Å²) in [6, 6.07) is 8.53. The molecule has 1 aromatic heterocycles. The third-order valence-electron chi connectivity index (χ3n) is 2.77. The first-order chi connectivity index (χ1) is 10.1. The summed E-state index contributed by atoms with van der Waals surface area (Å²) in [5.74, 6) is -1.59. The fraction of sp³-hybridized carbons (Fsp3) is 0.143. The van der Waals surface area contributed by atoms with Crippen LogP contribution in [0.4, 0.5) is 4.39 Å². The number of H-pyrrole nitrogens is 1. The minimum atomic E-state index is -1.15. The third-order valence-corrected chi connectivity index (χ3v) is 2.77. The Bertz CT molecular complexity index is 628. The van der Waals surface area contributed by atoms with E-state index in [0.717, 1.165) is 6.07 Å². The molecule has 1 heterocycles. The zero-order chi connectivity index (χ0) is 15.2. The number of aliphatic hydroxyl groups is 1. The number of carbonyl (C=O) groups is 2. The van der Waals surface area contributed by atoms with Crippen LogP contribution < -0.4 is 10.9 Å². The summed E-state index contributed by atoms with van der Waals surface area (Å²) in [5.41, 5.74) is 4.96. The van der Waals surface area contributed by atoms with E-state index in [1.807, 2.05) is 0 Å². The lowest BCUT2D eigenvalue weighted by atomic mass is 10.1. The van der Waals surface area contributed by atoms with Gasteiger partial charge in [-0.25, -0.2) is 4.39 Å². The average molecular weight is 291 g/mol. The van der Waals surface area contributed by atoms with E-state index < -0.39 is 23.7 Å². The van der Waals surface area contributed by atoms with Crippen LogP contribution in [0.3, 0.4) is 0 Å². The lowest BCUT2D eigenvalue weighted by molar-refractivity contribution is -0.123. The van der Waals surface area contributed by atoms with Crippen molar-refractivity contribution in [2.45, 2.75) is 12.5 Å². The predicted molar refractivity (Wildman–Crippen MR) is 72.4 cm³/mol. The molecule has 1 unspecified atom stereocenters. The van der Waals surface area contributed by atoms with E-state index in [1.54, 1.807) is 18.3 Å². The normalized spacial score (nSPS) is 11.7. The Morgan fingerprint density at radius 2 is 2.05 bits per heavy atom. The van der Waals surface area contributed by atoms with Gasteiger partial charge < -0.3 is 10.1 Å². The van der Waals surface area contributed by atoms with Gasteiger partial charge in [0.15, 0.2) is 0 Å². The van der Waals surface area contributed by atoms with Gasteiger partial charge in [-0.1, -0.05) is 12.1 Å². The van der Waals surface area contributed by atoms with Crippen molar-refractivity contribution in [3.05, 3.63) is 59.7 Å². The molecular formula is C14H14FN3O3. The molecule has 0 spiro atoms. The number of aromatic nitrogens is 1. The van der Waals surface area contributed by atoms with Gasteiger partial charge in [-0.05, 0) is 29.8 Å².